The zero-order chi connectivity index (χ0) is 11.5. The molecule has 0 saturated heterocycles. The van der Waals surface area contributed by atoms with Gasteiger partial charge in [0.25, 0.3) is 0 Å². The Morgan fingerprint density at radius 1 is 1.60 bits per heavy atom. The van der Waals surface area contributed by atoms with Crippen LogP contribution in [0, 0.1) is 0 Å². The first-order valence-electron chi connectivity index (χ1n) is 5.36. The monoisotopic (exact) mass is 229 g/mol. The maximum Gasteiger partial charge on any atom is 0.315 e. The van der Waals surface area contributed by atoms with Crippen LogP contribution in [0.2, 0.25) is 0 Å². The summed E-state index contributed by atoms with van der Waals surface area (Å²) in [6, 6.07) is 0.161. The molecule has 1 aliphatic carbocycles. The van der Waals surface area contributed by atoms with Gasteiger partial charge in [0.15, 0.2) is 0 Å². The lowest BCUT2D eigenvalue weighted by Gasteiger charge is -2.32. The zero-order valence-corrected chi connectivity index (χ0v) is 10.1. The first-order valence-corrected chi connectivity index (χ1v) is 5.77. The average molecular weight is 229 g/mol. The van der Waals surface area contributed by atoms with Crippen molar-refractivity contribution in [3.05, 3.63) is 0 Å². The molecule has 1 atom stereocenters. The van der Waals surface area contributed by atoms with E-state index in [1.165, 1.54) is 6.42 Å². The van der Waals surface area contributed by atoms with Crippen LogP contribution < -0.4 is 16.4 Å². The van der Waals surface area contributed by atoms with Gasteiger partial charge in [-0.1, -0.05) is 19.1 Å². The topological polar surface area (TPSA) is 67.2 Å². The van der Waals surface area contributed by atoms with Crippen LogP contribution in [-0.2, 0) is 0 Å². The van der Waals surface area contributed by atoms with E-state index in [1.807, 2.05) is 13.8 Å². The van der Waals surface area contributed by atoms with Gasteiger partial charge in [0.1, 0.15) is 0 Å². The highest BCUT2D eigenvalue weighted by Gasteiger charge is 2.29. The molecule has 86 valence electrons. The van der Waals surface area contributed by atoms with Crippen molar-refractivity contribution in [2.75, 3.05) is 0 Å². The largest absolute Gasteiger partial charge is 0.391 e. The summed E-state index contributed by atoms with van der Waals surface area (Å²) in [5.41, 5.74) is 5.02. The fourth-order valence-electron chi connectivity index (χ4n) is 1.35. The summed E-state index contributed by atoms with van der Waals surface area (Å²) >= 11 is 4.94. The maximum absolute atomic E-state index is 11.6. The molecule has 1 saturated carbocycles. The Morgan fingerprint density at radius 2 is 2.20 bits per heavy atom. The third-order valence-electron chi connectivity index (χ3n) is 3.08. The Bertz CT molecular complexity index is 265. The van der Waals surface area contributed by atoms with Gasteiger partial charge in [0.2, 0.25) is 0 Å². The number of carbonyl (C=O) groups excluding carboxylic acids is 1. The number of hydrogen-bond donors (Lipinski definition) is 3. The van der Waals surface area contributed by atoms with Crippen LogP contribution in [0.5, 0.6) is 0 Å². The molecule has 0 bridgehead atoms. The molecule has 15 heavy (non-hydrogen) atoms. The summed E-state index contributed by atoms with van der Waals surface area (Å²) in [4.78, 5) is 11.9. The lowest BCUT2D eigenvalue weighted by atomic mass is 9.93. The standard InChI is InChI=1S/C10H19N3OS/c1-3-10(2,8(11)15)13-9(14)12-7-5-4-6-7/h7H,3-6H2,1-2H3,(H2,11,15)(H2,12,13,14). The van der Waals surface area contributed by atoms with Gasteiger partial charge in [-0.15, -0.1) is 0 Å². The number of nitrogens with two attached hydrogens (primary N) is 1. The van der Waals surface area contributed by atoms with Crippen molar-refractivity contribution in [2.24, 2.45) is 5.73 Å². The van der Waals surface area contributed by atoms with Gasteiger partial charge in [-0.25, -0.2) is 4.79 Å². The molecule has 0 radical (unpaired) electrons. The Balaban J connectivity index is 2.43. The number of rotatable bonds is 4. The van der Waals surface area contributed by atoms with E-state index in [1.54, 1.807) is 0 Å². The summed E-state index contributed by atoms with van der Waals surface area (Å²) in [6.45, 7) is 3.79. The van der Waals surface area contributed by atoms with Gasteiger partial charge < -0.3 is 16.4 Å². The number of thiocarbonyl (C=S) groups is 1. The molecule has 1 aliphatic rings. The van der Waals surface area contributed by atoms with Crippen molar-refractivity contribution in [2.45, 2.75) is 51.1 Å². The van der Waals surface area contributed by atoms with Gasteiger partial charge in [-0.3, -0.25) is 0 Å². The normalized spacial score (nSPS) is 19.9. The summed E-state index contributed by atoms with van der Waals surface area (Å²) in [5.74, 6) is 0. The number of carbonyl (C=O) groups is 1. The van der Waals surface area contributed by atoms with Crippen LogP contribution in [0.3, 0.4) is 0 Å². The predicted molar refractivity (Wildman–Crippen MR) is 64.8 cm³/mol. The number of amides is 2. The van der Waals surface area contributed by atoms with Crippen molar-refractivity contribution in [3.8, 4) is 0 Å². The molecule has 2 amide bonds. The molecule has 1 fully saturated rings. The highest BCUT2D eigenvalue weighted by atomic mass is 32.1. The lowest BCUT2D eigenvalue weighted by molar-refractivity contribution is 0.222. The smallest absolute Gasteiger partial charge is 0.315 e. The van der Waals surface area contributed by atoms with E-state index >= 15 is 0 Å². The second-order valence-corrected chi connectivity index (χ2v) is 4.72. The van der Waals surface area contributed by atoms with E-state index in [0.717, 1.165) is 12.8 Å². The first kappa shape index (κ1) is 12.2. The number of hydrogen-bond acceptors (Lipinski definition) is 2. The minimum atomic E-state index is -0.580. The molecule has 0 heterocycles. The number of urea groups is 1. The van der Waals surface area contributed by atoms with Gasteiger partial charge in [0.05, 0.1) is 10.5 Å². The minimum Gasteiger partial charge on any atom is -0.391 e. The van der Waals surface area contributed by atoms with E-state index in [-0.39, 0.29) is 6.03 Å². The van der Waals surface area contributed by atoms with E-state index in [4.69, 9.17) is 18.0 Å². The van der Waals surface area contributed by atoms with Crippen molar-refractivity contribution < 1.29 is 4.79 Å². The third kappa shape index (κ3) is 3.06. The molecular weight excluding hydrogens is 210 g/mol. The highest BCUT2D eigenvalue weighted by Crippen LogP contribution is 2.18. The van der Waals surface area contributed by atoms with Crippen molar-refractivity contribution in [1.82, 2.24) is 10.6 Å². The van der Waals surface area contributed by atoms with Crippen LogP contribution >= 0.6 is 12.2 Å². The summed E-state index contributed by atoms with van der Waals surface area (Å²) in [7, 11) is 0. The third-order valence-corrected chi connectivity index (χ3v) is 3.53. The van der Waals surface area contributed by atoms with Crippen LogP contribution in [0.4, 0.5) is 4.79 Å². The Hall–Kier alpha value is -0.840. The molecule has 1 unspecified atom stereocenters. The Morgan fingerprint density at radius 3 is 2.53 bits per heavy atom. The van der Waals surface area contributed by atoms with Crippen molar-refractivity contribution in [1.29, 1.82) is 0 Å². The Kier molecular flexibility index (Phi) is 3.90. The van der Waals surface area contributed by atoms with Gasteiger partial charge in [-0.2, -0.15) is 0 Å². The first-order chi connectivity index (χ1) is 6.98. The highest BCUT2D eigenvalue weighted by molar-refractivity contribution is 7.80. The fourth-order valence-corrected chi connectivity index (χ4v) is 1.54. The van der Waals surface area contributed by atoms with Gasteiger partial charge in [-0.05, 0) is 32.6 Å². The molecule has 0 spiro atoms. The molecule has 0 aromatic rings. The second-order valence-electron chi connectivity index (χ2n) is 4.28. The molecule has 4 nitrogen and oxygen atoms in total. The maximum atomic E-state index is 11.6. The van der Waals surface area contributed by atoms with Crippen molar-refractivity contribution in [3.63, 3.8) is 0 Å². The average Bonchev–Trinajstić information content (AvgIpc) is 2.11. The molecule has 1 rings (SSSR count). The molecule has 4 N–H and O–H groups in total. The summed E-state index contributed by atoms with van der Waals surface area (Å²) < 4.78 is 0. The van der Waals surface area contributed by atoms with Crippen LogP contribution in [0.15, 0.2) is 0 Å². The number of nitrogens with one attached hydrogen (secondary N) is 2. The summed E-state index contributed by atoms with van der Waals surface area (Å²) in [6.07, 6.45) is 4.04. The van der Waals surface area contributed by atoms with Crippen LogP contribution in [-0.4, -0.2) is 22.6 Å². The Labute approximate surface area is 96.0 Å². The fraction of sp³-hybridized carbons (Fsp3) is 0.800. The second kappa shape index (κ2) is 4.79. The van der Waals surface area contributed by atoms with Crippen LogP contribution in [0.25, 0.3) is 0 Å². The van der Waals surface area contributed by atoms with E-state index in [9.17, 15) is 4.79 Å². The molecule has 0 aromatic heterocycles. The molecule has 5 heteroatoms. The molecular formula is C10H19N3OS. The van der Waals surface area contributed by atoms with Gasteiger partial charge >= 0.3 is 6.03 Å². The predicted octanol–water partition coefficient (Wildman–Crippen LogP) is 1.29. The van der Waals surface area contributed by atoms with E-state index in [2.05, 4.69) is 10.6 Å². The SMILES string of the molecule is CCC(C)(NC(=O)NC1CCC1)C(N)=S. The van der Waals surface area contributed by atoms with Gasteiger partial charge in [0, 0.05) is 6.04 Å². The van der Waals surface area contributed by atoms with E-state index in [0.29, 0.717) is 17.5 Å². The zero-order valence-electron chi connectivity index (χ0n) is 9.30. The quantitative estimate of drug-likeness (QED) is 0.636. The van der Waals surface area contributed by atoms with E-state index < -0.39 is 5.54 Å². The van der Waals surface area contributed by atoms with Crippen LogP contribution in [0.1, 0.15) is 39.5 Å². The molecule has 0 aliphatic heterocycles. The lowest BCUT2D eigenvalue weighted by Crippen LogP contribution is -2.58. The molecule has 0 aromatic carbocycles. The summed E-state index contributed by atoms with van der Waals surface area (Å²) in [5, 5.41) is 5.72. The van der Waals surface area contributed by atoms with Crippen molar-refractivity contribution >= 4 is 23.2 Å². The minimum absolute atomic E-state index is 0.170.